The van der Waals surface area contributed by atoms with Gasteiger partial charge in [0.25, 0.3) is 0 Å². The Balaban J connectivity index is 1.79. The van der Waals surface area contributed by atoms with Gasteiger partial charge in [-0.15, -0.1) is 0 Å². The average Bonchev–Trinajstić information content (AvgIpc) is 3.10. The van der Waals surface area contributed by atoms with E-state index in [4.69, 9.17) is 4.52 Å². The molecule has 1 aromatic carbocycles. The zero-order chi connectivity index (χ0) is 13.8. The van der Waals surface area contributed by atoms with E-state index in [1.807, 2.05) is 18.2 Å². The van der Waals surface area contributed by atoms with E-state index in [1.165, 1.54) is 5.56 Å². The molecule has 0 radical (unpaired) electrons. The molecule has 1 saturated heterocycles. The molecule has 0 bridgehead atoms. The highest BCUT2D eigenvalue weighted by Crippen LogP contribution is 2.34. The summed E-state index contributed by atoms with van der Waals surface area (Å²) in [6.45, 7) is 4.20. The third-order valence-corrected chi connectivity index (χ3v) is 4.10. The second kappa shape index (κ2) is 5.75. The summed E-state index contributed by atoms with van der Waals surface area (Å²) in [4.78, 5) is 4.66. The molecule has 1 aliphatic heterocycles. The highest BCUT2D eigenvalue weighted by molar-refractivity contribution is 5.19. The number of hydrogen-bond acceptors (Lipinski definition) is 4. The van der Waals surface area contributed by atoms with Crippen molar-refractivity contribution in [3.8, 4) is 0 Å². The maximum atomic E-state index is 5.58. The van der Waals surface area contributed by atoms with Gasteiger partial charge < -0.3 is 9.84 Å². The molecule has 4 nitrogen and oxygen atoms in total. The third kappa shape index (κ3) is 2.61. The summed E-state index contributed by atoms with van der Waals surface area (Å²) in [7, 11) is 0. The van der Waals surface area contributed by atoms with Gasteiger partial charge in [-0.25, -0.2) is 0 Å². The Labute approximate surface area is 119 Å². The van der Waals surface area contributed by atoms with Crippen molar-refractivity contribution < 1.29 is 4.52 Å². The maximum Gasteiger partial charge on any atom is 0.234 e. The fourth-order valence-corrected chi connectivity index (χ4v) is 3.04. The quantitative estimate of drug-likeness (QED) is 0.908. The zero-order valence-electron chi connectivity index (χ0n) is 11.9. The van der Waals surface area contributed by atoms with Crippen LogP contribution in [0.5, 0.6) is 0 Å². The van der Waals surface area contributed by atoms with Gasteiger partial charge in [0.15, 0.2) is 5.82 Å². The molecule has 1 fully saturated rings. The van der Waals surface area contributed by atoms with Gasteiger partial charge in [-0.2, -0.15) is 4.98 Å². The molecule has 106 valence electrons. The van der Waals surface area contributed by atoms with Gasteiger partial charge in [0.1, 0.15) is 0 Å². The van der Waals surface area contributed by atoms with Gasteiger partial charge in [0.2, 0.25) is 5.89 Å². The molecule has 3 rings (SSSR count). The standard InChI is InChI=1S/C16H21N3O/c1-2-8-16(9-10-17-12-16)15-18-14(19-20-15)11-13-6-4-3-5-7-13/h3-7,17H,2,8-12H2,1H3. The SMILES string of the molecule is CCCC1(c2nc(Cc3ccccc3)no2)CCNC1. The van der Waals surface area contributed by atoms with E-state index < -0.39 is 0 Å². The molecule has 2 aromatic rings. The van der Waals surface area contributed by atoms with E-state index >= 15 is 0 Å². The van der Waals surface area contributed by atoms with Gasteiger partial charge in [-0.05, 0) is 24.9 Å². The third-order valence-electron chi connectivity index (χ3n) is 4.10. The van der Waals surface area contributed by atoms with Crippen LogP contribution < -0.4 is 5.32 Å². The number of rotatable bonds is 5. The Bertz CT molecular complexity index is 544. The van der Waals surface area contributed by atoms with Crippen LogP contribution in [0.2, 0.25) is 0 Å². The van der Waals surface area contributed by atoms with Crippen molar-refractivity contribution in [3.05, 3.63) is 47.6 Å². The second-order valence-electron chi connectivity index (χ2n) is 5.64. The van der Waals surface area contributed by atoms with Crippen LogP contribution in [0.15, 0.2) is 34.9 Å². The first-order chi connectivity index (χ1) is 9.82. The highest BCUT2D eigenvalue weighted by atomic mass is 16.5. The molecule has 20 heavy (non-hydrogen) atoms. The van der Waals surface area contributed by atoms with Crippen LogP contribution >= 0.6 is 0 Å². The lowest BCUT2D eigenvalue weighted by atomic mass is 9.82. The van der Waals surface area contributed by atoms with Crippen LogP contribution in [0, 0.1) is 0 Å². The largest absolute Gasteiger partial charge is 0.339 e. The van der Waals surface area contributed by atoms with Crippen molar-refractivity contribution >= 4 is 0 Å². The minimum atomic E-state index is 0.0523. The van der Waals surface area contributed by atoms with E-state index in [1.54, 1.807) is 0 Å². The van der Waals surface area contributed by atoms with Crippen LogP contribution in [0.25, 0.3) is 0 Å². The molecule has 2 heterocycles. The molecule has 4 heteroatoms. The summed E-state index contributed by atoms with van der Waals surface area (Å²) < 4.78 is 5.58. The van der Waals surface area contributed by atoms with E-state index in [2.05, 4.69) is 34.5 Å². The Kier molecular flexibility index (Phi) is 3.83. The van der Waals surface area contributed by atoms with E-state index in [9.17, 15) is 0 Å². The Morgan fingerprint density at radius 1 is 1.30 bits per heavy atom. The van der Waals surface area contributed by atoms with Crippen LogP contribution in [0.1, 0.15) is 43.5 Å². The summed E-state index contributed by atoms with van der Waals surface area (Å²) in [5.41, 5.74) is 1.27. The fourth-order valence-electron chi connectivity index (χ4n) is 3.04. The smallest absolute Gasteiger partial charge is 0.234 e. The van der Waals surface area contributed by atoms with E-state index in [0.29, 0.717) is 0 Å². The molecule has 0 aliphatic carbocycles. The highest BCUT2D eigenvalue weighted by Gasteiger charge is 2.39. The first-order valence-corrected chi connectivity index (χ1v) is 7.40. The summed E-state index contributed by atoms with van der Waals surface area (Å²) in [6, 6.07) is 10.3. The summed E-state index contributed by atoms with van der Waals surface area (Å²) >= 11 is 0. The summed E-state index contributed by atoms with van der Waals surface area (Å²) in [6.07, 6.45) is 4.07. The molecule has 1 atom stereocenters. The first kappa shape index (κ1) is 13.3. The van der Waals surface area contributed by atoms with Crippen molar-refractivity contribution in [3.63, 3.8) is 0 Å². The number of nitrogens with zero attached hydrogens (tertiary/aromatic N) is 2. The van der Waals surface area contributed by atoms with Crippen molar-refractivity contribution in [2.75, 3.05) is 13.1 Å². The predicted molar refractivity (Wildman–Crippen MR) is 77.6 cm³/mol. The maximum absolute atomic E-state index is 5.58. The van der Waals surface area contributed by atoms with Gasteiger partial charge in [-0.3, -0.25) is 0 Å². The number of benzene rings is 1. The monoisotopic (exact) mass is 271 g/mol. The van der Waals surface area contributed by atoms with E-state index in [0.717, 1.165) is 50.5 Å². The molecule has 1 aromatic heterocycles. The van der Waals surface area contributed by atoms with Crippen molar-refractivity contribution in [2.45, 2.75) is 38.0 Å². The number of aromatic nitrogens is 2. The Morgan fingerprint density at radius 3 is 2.85 bits per heavy atom. The lowest BCUT2D eigenvalue weighted by Crippen LogP contribution is -2.29. The van der Waals surface area contributed by atoms with Gasteiger partial charge in [0, 0.05) is 13.0 Å². The summed E-state index contributed by atoms with van der Waals surface area (Å²) in [5.74, 6) is 1.60. The predicted octanol–water partition coefficient (Wildman–Crippen LogP) is 2.69. The lowest BCUT2D eigenvalue weighted by molar-refractivity contribution is 0.276. The minimum Gasteiger partial charge on any atom is -0.339 e. The molecule has 0 spiro atoms. The average molecular weight is 271 g/mol. The Hall–Kier alpha value is -1.68. The van der Waals surface area contributed by atoms with Crippen molar-refractivity contribution in [1.29, 1.82) is 0 Å². The summed E-state index contributed by atoms with van der Waals surface area (Å²) in [5, 5.41) is 7.60. The first-order valence-electron chi connectivity index (χ1n) is 7.40. The minimum absolute atomic E-state index is 0.0523. The molecule has 0 amide bonds. The van der Waals surface area contributed by atoms with Crippen LogP contribution in [0.4, 0.5) is 0 Å². The van der Waals surface area contributed by atoms with Gasteiger partial charge >= 0.3 is 0 Å². The zero-order valence-corrected chi connectivity index (χ0v) is 11.9. The van der Waals surface area contributed by atoms with Crippen LogP contribution in [0.3, 0.4) is 0 Å². The van der Waals surface area contributed by atoms with Gasteiger partial charge in [-0.1, -0.05) is 48.8 Å². The topological polar surface area (TPSA) is 51.0 Å². The second-order valence-corrected chi connectivity index (χ2v) is 5.64. The number of nitrogens with one attached hydrogen (secondary N) is 1. The molecule has 1 N–H and O–H groups in total. The van der Waals surface area contributed by atoms with E-state index in [-0.39, 0.29) is 5.41 Å². The van der Waals surface area contributed by atoms with Gasteiger partial charge in [0.05, 0.1) is 5.41 Å². The molecule has 1 unspecified atom stereocenters. The number of hydrogen-bond donors (Lipinski definition) is 1. The molecular weight excluding hydrogens is 250 g/mol. The van der Waals surface area contributed by atoms with Crippen molar-refractivity contribution in [1.82, 2.24) is 15.5 Å². The van der Waals surface area contributed by atoms with Crippen molar-refractivity contribution in [2.24, 2.45) is 0 Å². The molecular formula is C16H21N3O. The molecule has 1 aliphatic rings. The normalized spacial score (nSPS) is 22.2. The fraction of sp³-hybridized carbons (Fsp3) is 0.500. The molecule has 0 saturated carbocycles. The Morgan fingerprint density at radius 2 is 2.15 bits per heavy atom. The van der Waals surface area contributed by atoms with Crippen LogP contribution in [-0.2, 0) is 11.8 Å². The lowest BCUT2D eigenvalue weighted by Gasteiger charge is -2.22. The van der Waals surface area contributed by atoms with Crippen LogP contribution in [-0.4, -0.2) is 23.2 Å².